The zero-order valence-electron chi connectivity index (χ0n) is 40.3. The number of aromatic hydroxyl groups is 1. The van der Waals surface area contributed by atoms with Crippen LogP contribution in [0.25, 0.3) is 38.5 Å². The van der Waals surface area contributed by atoms with E-state index in [0.717, 1.165) is 61.5 Å². The maximum Gasteiger partial charge on any atom is 0.319 e. The minimum absolute atomic E-state index is 0.0402. The van der Waals surface area contributed by atoms with Crippen molar-refractivity contribution in [3.05, 3.63) is 89.1 Å². The van der Waals surface area contributed by atoms with E-state index in [4.69, 9.17) is 16.1 Å². The first-order valence-corrected chi connectivity index (χ1v) is 24.9. The molecule has 1 saturated carbocycles. The lowest BCUT2D eigenvalue weighted by Crippen LogP contribution is -2.60. The predicted molar refractivity (Wildman–Crippen MR) is 266 cm³/mol. The number of amides is 1. The van der Waals surface area contributed by atoms with Crippen molar-refractivity contribution in [1.29, 1.82) is 0 Å². The molecule has 3 aromatic carbocycles. The lowest BCUT2D eigenvalue weighted by Gasteiger charge is -2.46. The van der Waals surface area contributed by atoms with E-state index >= 15 is 17.6 Å². The Hall–Kier alpha value is -6.15. The maximum absolute atomic E-state index is 17.1. The maximum atomic E-state index is 17.1. The first-order chi connectivity index (χ1) is 34.2. The standard InChI is InChI=1S/C55H60F4N8O4/c1-5-40-45(56)13-9-36-24-39(69)25-43(47(36)40)49-48(57)50-44(26-61-49)51(67-27-37-10-11-38(28-67)62-37)64-53(63-50)71-31-54(17-18-54)29-65-19-16-46(55(58,59)30-65)66-20-14-34(15-21-66)35-8-12-41(32(2)23-35)33(3)42(7-6-22-68)52(70)60-4/h1,8-9,12-13,22-26,34,37-38,42,46,62,69H,3,6-7,10-11,14-21,27-31H2,2,4H3,(H,60,70). The number of aryl methyl sites for hydroxylation is 1. The fourth-order valence-electron chi connectivity index (χ4n) is 11.9. The average molecular weight is 973 g/mol. The van der Waals surface area contributed by atoms with Gasteiger partial charge in [-0.05, 0) is 123 Å². The van der Waals surface area contributed by atoms with Gasteiger partial charge in [-0.25, -0.2) is 17.6 Å². The zero-order valence-corrected chi connectivity index (χ0v) is 40.3. The van der Waals surface area contributed by atoms with Crippen molar-refractivity contribution in [1.82, 2.24) is 35.4 Å². The number of ether oxygens (including phenoxy) is 1. The number of aromatic nitrogens is 3. The van der Waals surface area contributed by atoms with Gasteiger partial charge in [0, 0.05) is 74.3 Å². The summed E-state index contributed by atoms with van der Waals surface area (Å²) in [7, 11) is 1.58. The highest BCUT2D eigenvalue weighted by Gasteiger charge is 2.52. The summed E-state index contributed by atoms with van der Waals surface area (Å²) in [6.45, 7) is 9.38. The number of phenolic OH excluding ortho intramolecular Hbond substituents is 1. The van der Waals surface area contributed by atoms with Crippen LogP contribution < -0.4 is 20.3 Å². The van der Waals surface area contributed by atoms with Crippen LogP contribution in [0, 0.1) is 42.2 Å². The molecule has 1 aliphatic carbocycles. The van der Waals surface area contributed by atoms with Crippen LogP contribution in [0.4, 0.5) is 23.4 Å². The van der Waals surface area contributed by atoms with E-state index in [-0.39, 0.29) is 83.0 Å². The number of likely N-dealkylation sites (tertiary alicyclic amines) is 2. The molecular formula is C55H60F4N8O4. The Morgan fingerprint density at radius 2 is 1.82 bits per heavy atom. The minimum atomic E-state index is -2.93. The van der Waals surface area contributed by atoms with Crippen LogP contribution in [0.3, 0.4) is 0 Å². The van der Waals surface area contributed by atoms with Gasteiger partial charge in [-0.1, -0.05) is 36.8 Å². The van der Waals surface area contributed by atoms with Gasteiger partial charge in [0.2, 0.25) is 5.91 Å². The smallest absolute Gasteiger partial charge is 0.319 e. The molecule has 2 bridgehead atoms. The lowest BCUT2D eigenvalue weighted by molar-refractivity contribution is -0.133. The summed E-state index contributed by atoms with van der Waals surface area (Å²) < 4.78 is 71.1. The Labute approximate surface area is 411 Å². The Morgan fingerprint density at radius 1 is 1.06 bits per heavy atom. The topological polar surface area (TPSA) is 136 Å². The van der Waals surface area contributed by atoms with Gasteiger partial charge in [-0.2, -0.15) is 9.97 Å². The number of nitrogens with zero attached hydrogens (tertiary/aromatic N) is 6. The number of piperidine rings is 2. The fraction of sp³-hybridized carbons (Fsp3) is 0.473. The van der Waals surface area contributed by atoms with Gasteiger partial charge in [-0.15, -0.1) is 6.42 Å². The summed E-state index contributed by atoms with van der Waals surface area (Å²) in [6.07, 6.45) is 14.1. The molecule has 4 aliphatic heterocycles. The number of piperazine rings is 1. The monoisotopic (exact) mass is 972 g/mol. The first kappa shape index (κ1) is 48.5. The molecular weight excluding hydrogens is 913 g/mol. The van der Waals surface area contributed by atoms with Crippen LogP contribution in [0.15, 0.2) is 55.2 Å². The van der Waals surface area contributed by atoms with E-state index in [9.17, 15) is 14.7 Å². The fourth-order valence-corrected chi connectivity index (χ4v) is 11.9. The quantitative estimate of drug-likeness (QED) is 0.0533. The average Bonchev–Trinajstić information content (AvgIpc) is 4.04. The third-order valence-electron chi connectivity index (χ3n) is 15.9. The Balaban J connectivity index is 0.817. The number of hydrogen-bond donors (Lipinski definition) is 3. The molecule has 4 unspecified atom stereocenters. The molecule has 0 radical (unpaired) electrons. The van der Waals surface area contributed by atoms with Crippen molar-refractivity contribution in [3.8, 4) is 35.4 Å². The van der Waals surface area contributed by atoms with Crippen molar-refractivity contribution in [2.24, 2.45) is 11.3 Å². The van der Waals surface area contributed by atoms with Crippen LogP contribution in [0.5, 0.6) is 11.8 Å². The van der Waals surface area contributed by atoms with Crippen molar-refractivity contribution in [2.45, 2.75) is 94.7 Å². The van der Waals surface area contributed by atoms with Gasteiger partial charge < -0.3 is 30.2 Å². The van der Waals surface area contributed by atoms with Crippen molar-refractivity contribution in [2.75, 3.05) is 64.4 Å². The number of pyridine rings is 1. The summed E-state index contributed by atoms with van der Waals surface area (Å²) in [6, 6.07) is 11.2. The summed E-state index contributed by atoms with van der Waals surface area (Å²) in [5.74, 6) is -2.18. The van der Waals surface area contributed by atoms with Crippen molar-refractivity contribution < 1.29 is 37.0 Å². The second-order valence-corrected chi connectivity index (χ2v) is 20.6. The second kappa shape index (κ2) is 19.5. The number of alkyl halides is 2. The number of halogens is 4. The van der Waals surface area contributed by atoms with Crippen molar-refractivity contribution in [3.63, 3.8) is 0 Å². The number of hydrogen-bond acceptors (Lipinski definition) is 11. The highest BCUT2D eigenvalue weighted by Crippen LogP contribution is 2.48. The number of terminal acetylenes is 1. The van der Waals surface area contributed by atoms with E-state index in [0.29, 0.717) is 74.3 Å². The van der Waals surface area contributed by atoms with Gasteiger partial charge in [0.1, 0.15) is 34.9 Å². The third-order valence-corrected chi connectivity index (χ3v) is 15.9. The molecule has 0 spiro atoms. The van der Waals surface area contributed by atoms with Gasteiger partial charge in [-0.3, -0.25) is 19.6 Å². The highest BCUT2D eigenvalue weighted by atomic mass is 19.3. The number of aldehydes is 1. The van der Waals surface area contributed by atoms with E-state index in [2.05, 4.69) is 50.1 Å². The van der Waals surface area contributed by atoms with Crippen LogP contribution in [0.2, 0.25) is 0 Å². The molecule has 4 atom stereocenters. The number of rotatable bonds is 15. The summed E-state index contributed by atoms with van der Waals surface area (Å²) in [5.41, 5.74) is 3.10. The number of carbonyl (C=O) groups is 2. The molecule has 10 rings (SSSR count). The van der Waals surface area contributed by atoms with Crippen LogP contribution >= 0.6 is 0 Å². The normalized spacial score (nSPS) is 22.5. The number of phenols is 1. The zero-order chi connectivity index (χ0) is 49.8. The van der Waals surface area contributed by atoms with Crippen molar-refractivity contribution >= 4 is 45.3 Å². The molecule has 71 heavy (non-hydrogen) atoms. The second-order valence-electron chi connectivity index (χ2n) is 20.6. The molecule has 1 amide bonds. The van der Waals surface area contributed by atoms with E-state index in [1.54, 1.807) is 7.05 Å². The predicted octanol–water partition coefficient (Wildman–Crippen LogP) is 8.16. The SMILES string of the molecule is C#Cc1c(F)ccc2cc(O)cc(-c3ncc4c(N5CC6CCC(C5)N6)nc(OCC5(CN6CCC(N7CCC(c8ccc(C(=C)C(CCC=O)C(=O)NC)c(C)c8)CC7)C(F)(F)C6)CC5)nc4c3F)c12. The molecule has 5 aromatic rings. The largest absolute Gasteiger partial charge is 0.508 e. The molecule has 12 nitrogen and oxygen atoms in total. The third kappa shape index (κ3) is 9.56. The van der Waals surface area contributed by atoms with E-state index in [1.165, 1.54) is 30.5 Å². The number of carbonyl (C=O) groups excluding carboxylic acids is 2. The summed E-state index contributed by atoms with van der Waals surface area (Å²) >= 11 is 0. The van der Waals surface area contributed by atoms with Crippen LogP contribution in [-0.2, 0) is 9.59 Å². The van der Waals surface area contributed by atoms with Crippen LogP contribution in [0.1, 0.15) is 86.0 Å². The number of nitrogens with one attached hydrogen (secondary N) is 2. The van der Waals surface area contributed by atoms with Crippen LogP contribution in [-0.4, -0.2) is 126 Å². The molecule has 3 N–H and O–H groups in total. The number of fused-ring (bicyclic) bond motifs is 4. The number of anilines is 1. The van der Waals surface area contributed by atoms with Gasteiger partial charge in [0.25, 0.3) is 5.92 Å². The van der Waals surface area contributed by atoms with Gasteiger partial charge >= 0.3 is 6.01 Å². The minimum Gasteiger partial charge on any atom is -0.508 e. The summed E-state index contributed by atoms with van der Waals surface area (Å²) in [4.78, 5) is 43.7. The molecule has 6 heterocycles. The molecule has 5 aliphatic rings. The Kier molecular flexibility index (Phi) is 13.3. The molecule has 2 aromatic heterocycles. The molecule has 5 fully saturated rings. The van der Waals surface area contributed by atoms with E-state index in [1.807, 2.05) is 22.8 Å². The molecule has 16 heteroatoms. The number of benzene rings is 3. The molecule has 372 valence electrons. The van der Waals surface area contributed by atoms with Gasteiger partial charge in [0.15, 0.2) is 5.82 Å². The van der Waals surface area contributed by atoms with E-state index < -0.39 is 34.9 Å². The molecule has 4 saturated heterocycles. The lowest BCUT2D eigenvalue weighted by atomic mass is 9.83. The summed E-state index contributed by atoms with van der Waals surface area (Å²) in [5, 5.41) is 18.0. The first-order valence-electron chi connectivity index (χ1n) is 24.9. The Bertz CT molecular complexity index is 2940. The van der Waals surface area contributed by atoms with Gasteiger partial charge in [0.05, 0.1) is 36.1 Å². The highest BCUT2D eigenvalue weighted by molar-refractivity contribution is 6.03. The Morgan fingerprint density at radius 3 is 2.49 bits per heavy atom.